The molecule has 1 aliphatic heterocycles. The molecule has 1 heterocycles. The summed E-state index contributed by atoms with van der Waals surface area (Å²) in [5.74, 6) is 1.83. The van der Waals surface area contributed by atoms with Crippen molar-refractivity contribution >= 4 is 11.9 Å². The molecule has 0 spiro atoms. The number of carbonyl (C=O) groups is 2. The van der Waals surface area contributed by atoms with Gasteiger partial charge in [0.05, 0.1) is 0 Å². The number of likely N-dealkylation sites (tertiary alicyclic amines) is 1. The van der Waals surface area contributed by atoms with Crippen LogP contribution in [-0.4, -0.2) is 34.5 Å². The molecule has 122 valence electrons. The Kier molecular flexibility index (Phi) is 3.46. The molecule has 1 atom stereocenters. The third-order valence-electron chi connectivity index (χ3n) is 6.80. The number of nitrogens with zero attached hydrogens (tertiary/aromatic N) is 1. The lowest BCUT2D eigenvalue weighted by Crippen LogP contribution is -2.52. The molecule has 4 aliphatic carbocycles. The quantitative estimate of drug-likeness (QED) is 0.872. The van der Waals surface area contributed by atoms with Gasteiger partial charge in [-0.05, 0) is 81.0 Å². The van der Waals surface area contributed by atoms with Crippen LogP contribution in [0.4, 0.5) is 0 Å². The highest BCUT2D eigenvalue weighted by Gasteiger charge is 2.52. The standard InChI is InChI=1S/C18H27NO3/c20-16(19-4-2-1-3-15(19)17(21)22)11-18-8-12-5-13(9-18)7-14(6-12)10-18/h12-15H,1-11H2,(H,21,22). The van der Waals surface area contributed by atoms with E-state index in [2.05, 4.69) is 0 Å². The summed E-state index contributed by atoms with van der Waals surface area (Å²) in [6.07, 6.45) is 10.9. The highest BCUT2D eigenvalue weighted by atomic mass is 16.4. The van der Waals surface area contributed by atoms with Crippen molar-refractivity contribution in [2.45, 2.75) is 70.3 Å². The Morgan fingerprint density at radius 1 is 1.00 bits per heavy atom. The highest BCUT2D eigenvalue weighted by molar-refractivity contribution is 5.84. The van der Waals surface area contributed by atoms with Crippen LogP contribution >= 0.6 is 0 Å². The number of carboxylic acid groups (broad SMARTS) is 1. The molecule has 1 saturated heterocycles. The second-order valence-corrected chi connectivity index (χ2v) is 8.53. The predicted octanol–water partition coefficient (Wildman–Crippen LogP) is 3.06. The Hall–Kier alpha value is -1.06. The Balaban J connectivity index is 1.48. The number of hydrogen-bond donors (Lipinski definition) is 1. The molecule has 4 saturated carbocycles. The number of piperidine rings is 1. The monoisotopic (exact) mass is 305 g/mol. The van der Waals surface area contributed by atoms with Gasteiger partial charge in [-0.1, -0.05) is 0 Å². The lowest BCUT2D eigenvalue weighted by molar-refractivity contribution is -0.155. The zero-order chi connectivity index (χ0) is 15.3. The minimum atomic E-state index is -0.821. The van der Waals surface area contributed by atoms with Gasteiger partial charge in [-0.15, -0.1) is 0 Å². The zero-order valence-electron chi connectivity index (χ0n) is 13.3. The van der Waals surface area contributed by atoms with Crippen molar-refractivity contribution in [2.75, 3.05) is 6.54 Å². The van der Waals surface area contributed by atoms with Crippen molar-refractivity contribution < 1.29 is 14.7 Å². The van der Waals surface area contributed by atoms with Crippen LogP contribution in [0.2, 0.25) is 0 Å². The molecular formula is C18H27NO3. The average molecular weight is 305 g/mol. The molecule has 4 heteroatoms. The summed E-state index contributed by atoms with van der Waals surface area (Å²) in [5, 5.41) is 9.39. The van der Waals surface area contributed by atoms with E-state index in [0.29, 0.717) is 19.4 Å². The van der Waals surface area contributed by atoms with Gasteiger partial charge in [-0.2, -0.15) is 0 Å². The molecule has 5 aliphatic rings. The van der Waals surface area contributed by atoms with E-state index in [0.717, 1.165) is 30.6 Å². The van der Waals surface area contributed by atoms with Gasteiger partial charge in [-0.3, -0.25) is 4.79 Å². The number of amides is 1. The van der Waals surface area contributed by atoms with Gasteiger partial charge >= 0.3 is 5.97 Å². The van der Waals surface area contributed by atoms with Gasteiger partial charge < -0.3 is 10.0 Å². The fraction of sp³-hybridized carbons (Fsp3) is 0.889. The molecule has 0 radical (unpaired) electrons. The van der Waals surface area contributed by atoms with Crippen LogP contribution in [0, 0.1) is 23.2 Å². The first-order chi connectivity index (χ1) is 10.5. The number of carboxylic acids is 1. The van der Waals surface area contributed by atoms with E-state index in [1.54, 1.807) is 4.90 Å². The lowest BCUT2D eigenvalue weighted by Gasteiger charge is -2.57. The van der Waals surface area contributed by atoms with Crippen LogP contribution in [0.5, 0.6) is 0 Å². The number of rotatable bonds is 3. The van der Waals surface area contributed by atoms with Crippen LogP contribution in [0.15, 0.2) is 0 Å². The van der Waals surface area contributed by atoms with Crippen molar-refractivity contribution in [3.63, 3.8) is 0 Å². The normalized spacial score (nSPS) is 43.4. The van der Waals surface area contributed by atoms with E-state index in [-0.39, 0.29) is 11.3 Å². The molecule has 0 aromatic rings. The van der Waals surface area contributed by atoms with Crippen LogP contribution < -0.4 is 0 Å². The Bertz CT molecular complexity index is 451. The van der Waals surface area contributed by atoms with E-state index in [9.17, 15) is 14.7 Å². The Labute approximate surface area is 132 Å². The summed E-state index contributed by atoms with van der Waals surface area (Å²) in [6.45, 7) is 0.641. The minimum Gasteiger partial charge on any atom is -0.480 e. The van der Waals surface area contributed by atoms with Crippen molar-refractivity contribution in [3.05, 3.63) is 0 Å². The average Bonchev–Trinajstić information content (AvgIpc) is 2.45. The van der Waals surface area contributed by atoms with Crippen LogP contribution in [0.3, 0.4) is 0 Å². The maximum atomic E-state index is 12.9. The topological polar surface area (TPSA) is 57.6 Å². The van der Waals surface area contributed by atoms with Crippen LogP contribution in [0.1, 0.15) is 64.2 Å². The molecule has 1 amide bonds. The second kappa shape index (κ2) is 5.24. The smallest absolute Gasteiger partial charge is 0.326 e. The van der Waals surface area contributed by atoms with Gasteiger partial charge in [0.15, 0.2) is 0 Å². The van der Waals surface area contributed by atoms with Gasteiger partial charge in [0.2, 0.25) is 5.91 Å². The molecule has 0 aromatic carbocycles. The van der Waals surface area contributed by atoms with Gasteiger partial charge in [0, 0.05) is 13.0 Å². The molecule has 0 aromatic heterocycles. The first-order valence-corrected chi connectivity index (χ1v) is 9.07. The zero-order valence-corrected chi connectivity index (χ0v) is 13.3. The maximum absolute atomic E-state index is 12.9. The first-order valence-electron chi connectivity index (χ1n) is 9.07. The number of carbonyl (C=O) groups excluding carboxylic acids is 1. The van der Waals surface area contributed by atoms with Crippen molar-refractivity contribution in [1.29, 1.82) is 0 Å². The Morgan fingerprint density at radius 3 is 2.14 bits per heavy atom. The Morgan fingerprint density at radius 2 is 1.59 bits per heavy atom. The second-order valence-electron chi connectivity index (χ2n) is 8.53. The molecule has 1 unspecified atom stereocenters. The summed E-state index contributed by atoms with van der Waals surface area (Å²) in [5.41, 5.74) is 0.215. The summed E-state index contributed by atoms with van der Waals surface area (Å²) in [4.78, 5) is 26.0. The van der Waals surface area contributed by atoms with Crippen LogP contribution in [0.25, 0.3) is 0 Å². The molecule has 5 fully saturated rings. The molecule has 1 N–H and O–H groups in total. The van der Waals surface area contributed by atoms with E-state index in [1.807, 2.05) is 0 Å². The number of hydrogen-bond acceptors (Lipinski definition) is 2. The van der Waals surface area contributed by atoms with Crippen molar-refractivity contribution in [2.24, 2.45) is 23.2 Å². The third-order valence-corrected chi connectivity index (χ3v) is 6.80. The first kappa shape index (κ1) is 14.5. The van der Waals surface area contributed by atoms with Crippen molar-refractivity contribution in [3.8, 4) is 0 Å². The fourth-order valence-electron chi connectivity index (χ4n) is 6.42. The predicted molar refractivity (Wildman–Crippen MR) is 82.2 cm³/mol. The van der Waals surface area contributed by atoms with Crippen LogP contribution in [-0.2, 0) is 9.59 Å². The summed E-state index contributed by atoms with van der Waals surface area (Å²) < 4.78 is 0. The fourth-order valence-corrected chi connectivity index (χ4v) is 6.42. The molecule has 5 rings (SSSR count). The van der Waals surface area contributed by atoms with E-state index in [1.165, 1.54) is 38.5 Å². The van der Waals surface area contributed by atoms with E-state index < -0.39 is 12.0 Å². The highest BCUT2D eigenvalue weighted by Crippen LogP contribution is 2.61. The lowest BCUT2D eigenvalue weighted by atomic mass is 9.49. The van der Waals surface area contributed by atoms with E-state index in [4.69, 9.17) is 0 Å². The summed E-state index contributed by atoms with van der Waals surface area (Å²) >= 11 is 0. The van der Waals surface area contributed by atoms with Gasteiger partial charge in [0.25, 0.3) is 0 Å². The SMILES string of the molecule is O=C(O)C1CCCCN1C(=O)CC12CC3CC(CC(C3)C1)C2. The summed E-state index contributed by atoms with van der Waals surface area (Å²) in [6, 6.07) is -0.574. The van der Waals surface area contributed by atoms with Crippen molar-refractivity contribution in [1.82, 2.24) is 4.90 Å². The minimum absolute atomic E-state index is 0.119. The number of aliphatic carboxylic acids is 1. The molecular weight excluding hydrogens is 278 g/mol. The largest absolute Gasteiger partial charge is 0.480 e. The third kappa shape index (κ3) is 2.44. The maximum Gasteiger partial charge on any atom is 0.326 e. The van der Waals surface area contributed by atoms with Gasteiger partial charge in [-0.25, -0.2) is 4.79 Å². The van der Waals surface area contributed by atoms with E-state index >= 15 is 0 Å². The molecule has 4 nitrogen and oxygen atoms in total. The molecule has 22 heavy (non-hydrogen) atoms. The summed E-state index contributed by atoms with van der Waals surface area (Å²) in [7, 11) is 0. The van der Waals surface area contributed by atoms with Gasteiger partial charge in [0.1, 0.15) is 6.04 Å². The molecule has 4 bridgehead atoms.